The molecule has 27 heavy (non-hydrogen) atoms. The number of anilines is 2. The van der Waals surface area contributed by atoms with Crippen molar-refractivity contribution in [3.05, 3.63) is 59.9 Å². The highest BCUT2D eigenvalue weighted by molar-refractivity contribution is 7.92. The third-order valence-electron chi connectivity index (χ3n) is 4.09. The number of rotatable bonds is 6. The maximum Gasteiger partial charge on any atom is 0.232 e. The number of halogens is 1. The lowest BCUT2D eigenvalue weighted by Crippen LogP contribution is -2.33. The van der Waals surface area contributed by atoms with Crippen LogP contribution in [0.5, 0.6) is 0 Å². The van der Waals surface area contributed by atoms with E-state index in [0.717, 1.165) is 11.8 Å². The number of benzene rings is 2. The summed E-state index contributed by atoms with van der Waals surface area (Å²) in [6.45, 7) is 6.25. The highest BCUT2D eigenvalue weighted by atomic mass is 32.2. The quantitative estimate of drug-likeness (QED) is 0.810. The largest absolute Gasteiger partial charge is 0.326 e. The smallest absolute Gasteiger partial charge is 0.232 e. The van der Waals surface area contributed by atoms with Crippen molar-refractivity contribution in [2.45, 2.75) is 32.6 Å². The fourth-order valence-electron chi connectivity index (χ4n) is 2.57. The minimum atomic E-state index is -3.54. The average molecular weight is 392 g/mol. The van der Waals surface area contributed by atoms with Crippen molar-refractivity contribution in [3.63, 3.8) is 0 Å². The van der Waals surface area contributed by atoms with Crippen LogP contribution in [0.1, 0.15) is 32.8 Å². The van der Waals surface area contributed by atoms with Gasteiger partial charge in [0.15, 0.2) is 0 Å². The van der Waals surface area contributed by atoms with Gasteiger partial charge in [0.1, 0.15) is 5.82 Å². The van der Waals surface area contributed by atoms with E-state index in [9.17, 15) is 17.6 Å². The molecule has 2 aromatic rings. The van der Waals surface area contributed by atoms with E-state index in [4.69, 9.17) is 0 Å². The number of amides is 1. The topological polar surface area (TPSA) is 66.5 Å². The van der Waals surface area contributed by atoms with Gasteiger partial charge in [-0.3, -0.25) is 9.10 Å². The Labute approximate surface area is 160 Å². The predicted octanol–water partition coefficient (Wildman–Crippen LogP) is 3.92. The fourth-order valence-corrected chi connectivity index (χ4v) is 3.50. The maximum atomic E-state index is 12.9. The summed E-state index contributed by atoms with van der Waals surface area (Å²) in [5.41, 5.74) is 2.03. The molecule has 5 nitrogen and oxygen atoms in total. The van der Waals surface area contributed by atoms with Gasteiger partial charge in [-0.1, -0.05) is 32.9 Å². The molecule has 1 amide bonds. The highest BCUT2D eigenvalue weighted by Crippen LogP contribution is 2.26. The van der Waals surface area contributed by atoms with Gasteiger partial charge in [-0.05, 0) is 47.4 Å². The number of nitrogens with zero attached hydrogens (tertiary/aromatic N) is 1. The fraction of sp³-hybridized carbons (Fsp3) is 0.350. The van der Waals surface area contributed by atoms with Crippen molar-refractivity contribution < 1.29 is 17.6 Å². The van der Waals surface area contributed by atoms with Crippen LogP contribution in [0, 0.1) is 5.82 Å². The molecule has 0 spiro atoms. The van der Waals surface area contributed by atoms with Crippen molar-refractivity contribution in [1.82, 2.24) is 0 Å². The molecule has 2 rings (SSSR count). The second kappa shape index (κ2) is 8.08. The Kier molecular flexibility index (Phi) is 6.26. The number of hydrogen-bond acceptors (Lipinski definition) is 3. The van der Waals surface area contributed by atoms with Gasteiger partial charge < -0.3 is 5.32 Å². The summed E-state index contributed by atoms with van der Waals surface area (Å²) in [6, 6.07) is 12.7. The molecule has 2 aromatic carbocycles. The van der Waals surface area contributed by atoms with Crippen LogP contribution in [0.2, 0.25) is 0 Å². The lowest BCUT2D eigenvalue weighted by Gasteiger charge is -2.24. The summed E-state index contributed by atoms with van der Waals surface area (Å²) in [7, 11) is -3.54. The normalized spacial score (nSPS) is 11.9. The van der Waals surface area contributed by atoms with E-state index in [2.05, 4.69) is 26.1 Å². The van der Waals surface area contributed by atoms with E-state index in [0.29, 0.717) is 11.4 Å². The second-order valence-electron chi connectivity index (χ2n) is 7.44. The van der Waals surface area contributed by atoms with E-state index >= 15 is 0 Å². The first-order valence-corrected chi connectivity index (χ1v) is 10.5. The molecule has 0 saturated carbocycles. The monoisotopic (exact) mass is 392 g/mol. The third-order valence-corrected chi connectivity index (χ3v) is 5.29. The van der Waals surface area contributed by atoms with E-state index < -0.39 is 15.8 Å². The lowest BCUT2D eigenvalue weighted by molar-refractivity contribution is -0.116. The number of sulfonamides is 1. The zero-order chi connectivity index (χ0) is 20.2. The Morgan fingerprint density at radius 1 is 1.04 bits per heavy atom. The predicted molar refractivity (Wildman–Crippen MR) is 107 cm³/mol. The zero-order valence-corrected chi connectivity index (χ0v) is 16.8. The standard InChI is InChI=1S/C20H25FN2O3S/c1-20(2,3)15-5-11-18(12-6-15)23(27(4,25)26)14-13-19(24)22-17-9-7-16(21)8-10-17/h5-12H,13-14H2,1-4H3,(H,22,24). The van der Waals surface area contributed by atoms with Crippen LogP contribution in [0.4, 0.5) is 15.8 Å². The molecule has 0 saturated heterocycles. The van der Waals surface area contributed by atoms with Crippen molar-refractivity contribution in [1.29, 1.82) is 0 Å². The number of carbonyl (C=O) groups is 1. The van der Waals surface area contributed by atoms with Crippen molar-refractivity contribution in [2.24, 2.45) is 0 Å². The molecule has 0 heterocycles. The van der Waals surface area contributed by atoms with Crippen molar-refractivity contribution >= 4 is 27.3 Å². The molecular weight excluding hydrogens is 367 g/mol. The van der Waals surface area contributed by atoms with E-state index in [-0.39, 0.29) is 24.3 Å². The van der Waals surface area contributed by atoms with Gasteiger partial charge in [-0.2, -0.15) is 0 Å². The van der Waals surface area contributed by atoms with E-state index in [1.54, 1.807) is 12.1 Å². The van der Waals surface area contributed by atoms with Gasteiger partial charge >= 0.3 is 0 Å². The van der Waals surface area contributed by atoms with E-state index in [1.165, 1.54) is 28.6 Å². The molecule has 1 N–H and O–H groups in total. The molecule has 0 bridgehead atoms. The van der Waals surface area contributed by atoms with Gasteiger partial charge in [-0.15, -0.1) is 0 Å². The van der Waals surface area contributed by atoms with Gasteiger partial charge in [0.25, 0.3) is 0 Å². The van der Waals surface area contributed by atoms with Crippen molar-refractivity contribution in [3.8, 4) is 0 Å². The van der Waals surface area contributed by atoms with Crippen LogP contribution in [0.25, 0.3) is 0 Å². The minimum absolute atomic E-state index is 0.0146. The first-order valence-electron chi connectivity index (χ1n) is 8.60. The molecule has 7 heteroatoms. The Morgan fingerprint density at radius 3 is 2.07 bits per heavy atom. The molecule has 0 radical (unpaired) electrons. The molecule has 0 aliphatic carbocycles. The lowest BCUT2D eigenvalue weighted by atomic mass is 9.87. The summed E-state index contributed by atoms with van der Waals surface area (Å²) in [6.07, 6.45) is 1.09. The first-order chi connectivity index (χ1) is 12.5. The Hall–Kier alpha value is -2.41. The number of nitrogens with one attached hydrogen (secondary N) is 1. The van der Waals surface area contributed by atoms with Crippen LogP contribution in [-0.4, -0.2) is 27.1 Å². The summed E-state index contributed by atoms with van der Waals surface area (Å²) < 4.78 is 38.5. The molecule has 0 unspecified atom stereocenters. The van der Waals surface area contributed by atoms with Crippen LogP contribution in [0.15, 0.2) is 48.5 Å². The van der Waals surface area contributed by atoms with Gasteiger partial charge in [0, 0.05) is 18.7 Å². The maximum absolute atomic E-state index is 12.9. The summed E-state index contributed by atoms with van der Waals surface area (Å²) in [5.74, 6) is -0.739. The van der Waals surface area contributed by atoms with Crippen molar-refractivity contribution in [2.75, 3.05) is 22.4 Å². The third kappa shape index (κ3) is 6.06. The first kappa shape index (κ1) is 20.9. The molecule has 0 atom stereocenters. The van der Waals surface area contributed by atoms with Crippen LogP contribution in [-0.2, 0) is 20.2 Å². The van der Waals surface area contributed by atoms with Gasteiger partial charge in [0.05, 0.1) is 11.9 Å². The highest BCUT2D eigenvalue weighted by Gasteiger charge is 2.20. The Bertz CT molecular complexity index is 886. The number of hydrogen-bond donors (Lipinski definition) is 1. The van der Waals surface area contributed by atoms with Crippen LogP contribution in [0.3, 0.4) is 0 Å². The Morgan fingerprint density at radius 2 is 1.59 bits per heavy atom. The van der Waals surface area contributed by atoms with Gasteiger partial charge in [-0.25, -0.2) is 12.8 Å². The minimum Gasteiger partial charge on any atom is -0.326 e. The molecule has 0 aliphatic rings. The van der Waals surface area contributed by atoms with E-state index in [1.807, 2.05) is 12.1 Å². The van der Waals surface area contributed by atoms with Crippen LogP contribution < -0.4 is 9.62 Å². The Balaban J connectivity index is 2.09. The second-order valence-corrected chi connectivity index (χ2v) is 9.34. The molecular formula is C20H25FN2O3S. The van der Waals surface area contributed by atoms with Gasteiger partial charge in [0.2, 0.25) is 15.9 Å². The summed E-state index contributed by atoms with van der Waals surface area (Å²) >= 11 is 0. The molecule has 146 valence electrons. The molecule has 0 aliphatic heterocycles. The summed E-state index contributed by atoms with van der Waals surface area (Å²) in [5, 5.41) is 2.63. The average Bonchev–Trinajstić information content (AvgIpc) is 2.55. The van der Waals surface area contributed by atoms with Crippen LogP contribution >= 0.6 is 0 Å². The molecule has 0 fully saturated rings. The summed E-state index contributed by atoms with van der Waals surface area (Å²) in [4.78, 5) is 12.1. The SMILES string of the molecule is CC(C)(C)c1ccc(N(CCC(=O)Nc2ccc(F)cc2)S(C)(=O)=O)cc1. The molecule has 0 aromatic heterocycles. The number of carbonyl (C=O) groups excluding carboxylic acids is 1. The zero-order valence-electron chi connectivity index (χ0n) is 16.0.